The molecule has 4 heteroatoms. The highest BCUT2D eigenvalue weighted by Gasteiger charge is 2.17. The predicted octanol–water partition coefficient (Wildman–Crippen LogP) is 2.99. The monoisotopic (exact) mass is 279 g/mol. The average Bonchev–Trinajstić information content (AvgIpc) is 2.42. The Balaban J connectivity index is 1.86. The number of hydrogen-bond acceptors (Lipinski definition) is 4. The molecule has 0 amide bonds. The molecule has 1 aliphatic rings. The highest BCUT2D eigenvalue weighted by molar-refractivity contribution is 8.00. The number of carbonyl (C=O) groups excluding carboxylic acids is 1. The number of ketones is 1. The van der Waals surface area contributed by atoms with Crippen molar-refractivity contribution in [3.8, 4) is 5.75 Å². The molecular formula is C15H21NO2S. The van der Waals surface area contributed by atoms with Crippen LogP contribution >= 0.6 is 11.8 Å². The lowest BCUT2D eigenvalue weighted by molar-refractivity contribution is -0.116. The lowest BCUT2D eigenvalue weighted by Crippen LogP contribution is -2.34. The molecule has 0 bridgehead atoms. The van der Waals surface area contributed by atoms with Crippen LogP contribution in [0.3, 0.4) is 0 Å². The van der Waals surface area contributed by atoms with Gasteiger partial charge in [-0.2, -0.15) is 11.8 Å². The van der Waals surface area contributed by atoms with Gasteiger partial charge in [0.15, 0.2) is 0 Å². The van der Waals surface area contributed by atoms with E-state index in [0.29, 0.717) is 29.8 Å². The lowest BCUT2D eigenvalue weighted by atomic mass is 10.2. The van der Waals surface area contributed by atoms with E-state index in [2.05, 4.69) is 24.8 Å². The van der Waals surface area contributed by atoms with Gasteiger partial charge in [-0.3, -0.25) is 4.79 Å². The van der Waals surface area contributed by atoms with Crippen molar-refractivity contribution in [1.29, 1.82) is 0 Å². The summed E-state index contributed by atoms with van der Waals surface area (Å²) in [5, 5.41) is 0.521. The molecule has 0 saturated carbocycles. The molecule has 0 radical (unpaired) electrons. The van der Waals surface area contributed by atoms with Crippen LogP contribution in [0.15, 0.2) is 24.3 Å². The molecule has 1 aliphatic heterocycles. The zero-order chi connectivity index (χ0) is 13.7. The minimum Gasteiger partial charge on any atom is -0.490 e. The SMILES string of the molecule is CC(C)SCC(=O)CCN1CCOc2ccccc21. The number of fused-ring (bicyclic) bond motifs is 1. The van der Waals surface area contributed by atoms with E-state index < -0.39 is 0 Å². The van der Waals surface area contributed by atoms with Gasteiger partial charge in [-0.1, -0.05) is 26.0 Å². The second kappa shape index (κ2) is 6.85. The van der Waals surface area contributed by atoms with Gasteiger partial charge in [-0.25, -0.2) is 0 Å². The summed E-state index contributed by atoms with van der Waals surface area (Å²) in [4.78, 5) is 14.1. The second-order valence-corrected chi connectivity index (χ2v) is 6.52. The quantitative estimate of drug-likeness (QED) is 0.800. The summed E-state index contributed by atoms with van der Waals surface area (Å²) in [5.74, 6) is 1.89. The second-order valence-electron chi connectivity index (χ2n) is 4.95. The van der Waals surface area contributed by atoms with E-state index in [0.717, 1.165) is 24.5 Å². The Kier molecular flexibility index (Phi) is 5.14. The van der Waals surface area contributed by atoms with Crippen LogP contribution in [0.2, 0.25) is 0 Å². The van der Waals surface area contributed by atoms with Crippen molar-refractivity contribution in [3.63, 3.8) is 0 Å². The lowest BCUT2D eigenvalue weighted by Gasteiger charge is -2.31. The van der Waals surface area contributed by atoms with Gasteiger partial charge in [-0.15, -0.1) is 0 Å². The fraction of sp³-hybridized carbons (Fsp3) is 0.533. The van der Waals surface area contributed by atoms with Crippen LogP contribution in [0, 0.1) is 0 Å². The Bertz CT molecular complexity index is 434. The third kappa shape index (κ3) is 4.16. The molecule has 0 aromatic heterocycles. The first kappa shape index (κ1) is 14.3. The van der Waals surface area contributed by atoms with Crippen molar-refractivity contribution in [3.05, 3.63) is 24.3 Å². The molecule has 19 heavy (non-hydrogen) atoms. The van der Waals surface area contributed by atoms with Gasteiger partial charge in [0, 0.05) is 13.0 Å². The molecule has 2 rings (SSSR count). The number of ether oxygens (including phenoxy) is 1. The molecular weight excluding hydrogens is 258 g/mol. The van der Waals surface area contributed by atoms with Crippen molar-refractivity contribution in [2.75, 3.05) is 30.3 Å². The number of nitrogens with zero attached hydrogens (tertiary/aromatic N) is 1. The molecule has 0 aliphatic carbocycles. The van der Waals surface area contributed by atoms with Gasteiger partial charge in [0.25, 0.3) is 0 Å². The van der Waals surface area contributed by atoms with E-state index in [4.69, 9.17) is 4.74 Å². The predicted molar refractivity (Wildman–Crippen MR) is 81.4 cm³/mol. The summed E-state index contributed by atoms with van der Waals surface area (Å²) >= 11 is 1.72. The Hall–Kier alpha value is -1.16. The topological polar surface area (TPSA) is 29.5 Å². The van der Waals surface area contributed by atoms with E-state index in [-0.39, 0.29) is 0 Å². The Morgan fingerprint density at radius 2 is 2.21 bits per heavy atom. The van der Waals surface area contributed by atoms with Crippen LogP contribution in [0.5, 0.6) is 5.75 Å². The van der Waals surface area contributed by atoms with Gasteiger partial charge in [0.1, 0.15) is 18.1 Å². The molecule has 3 nitrogen and oxygen atoms in total. The van der Waals surface area contributed by atoms with Gasteiger partial charge in [0.05, 0.1) is 18.0 Å². The molecule has 0 atom stereocenters. The van der Waals surface area contributed by atoms with E-state index >= 15 is 0 Å². The molecule has 1 aromatic rings. The molecule has 0 N–H and O–H groups in total. The third-order valence-electron chi connectivity index (χ3n) is 3.06. The first-order valence-electron chi connectivity index (χ1n) is 6.77. The van der Waals surface area contributed by atoms with Gasteiger partial charge in [-0.05, 0) is 17.4 Å². The van der Waals surface area contributed by atoms with E-state index in [1.54, 1.807) is 11.8 Å². The minimum atomic E-state index is 0.336. The van der Waals surface area contributed by atoms with Crippen LogP contribution in [0.4, 0.5) is 5.69 Å². The number of para-hydroxylation sites is 2. The normalized spacial score (nSPS) is 14.2. The van der Waals surface area contributed by atoms with Crippen molar-refractivity contribution < 1.29 is 9.53 Å². The fourth-order valence-corrected chi connectivity index (χ4v) is 2.71. The van der Waals surface area contributed by atoms with Gasteiger partial charge >= 0.3 is 0 Å². The zero-order valence-corrected chi connectivity index (χ0v) is 12.4. The smallest absolute Gasteiger partial charge is 0.144 e. The van der Waals surface area contributed by atoms with Crippen LogP contribution < -0.4 is 9.64 Å². The van der Waals surface area contributed by atoms with Crippen LogP contribution in [0.1, 0.15) is 20.3 Å². The largest absolute Gasteiger partial charge is 0.490 e. The minimum absolute atomic E-state index is 0.336. The van der Waals surface area contributed by atoms with Crippen molar-refractivity contribution in [1.82, 2.24) is 0 Å². The summed E-state index contributed by atoms with van der Waals surface area (Å²) < 4.78 is 5.61. The molecule has 0 saturated heterocycles. The van der Waals surface area contributed by atoms with Crippen molar-refractivity contribution >= 4 is 23.2 Å². The summed E-state index contributed by atoms with van der Waals surface area (Å²) in [6.07, 6.45) is 0.619. The van der Waals surface area contributed by atoms with E-state index in [1.165, 1.54) is 0 Å². The number of benzene rings is 1. The number of carbonyl (C=O) groups is 1. The Labute approximate surface area is 119 Å². The molecule has 104 valence electrons. The average molecular weight is 279 g/mol. The van der Waals surface area contributed by atoms with Crippen LogP contribution in [0.25, 0.3) is 0 Å². The standard InChI is InChI=1S/C15H21NO2S/c1-12(2)19-11-13(17)7-8-16-9-10-18-15-6-4-3-5-14(15)16/h3-6,12H,7-11H2,1-2H3. The van der Waals surface area contributed by atoms with E-state index in [1.807, 2.05) is 18.2 Å². The molecule has 1 aromatic carbocycles. The van der Waals surface area contributed by atoms with Crippen LogP contribution in [-0.4, -0.2) is 36.5 Å². The fourth-order valence-electron chi connectivity index (χ4n) is 2.05. The van der Waals surface area contributed by atoms with Crippen LogP contribution in [-0.2, 0) is 4.79 Å². The van der Waals surface area contributed by atoms with Gasteiger partial charge in [0.2, 0.25) is 0 Å². The van der Waals surface area contributed by atoms with Crippen molar-refractivity contribution in [2.24, 2.45) is 0 Å². The highest BCUT2D eigenvalue weighted by Crippen LogP contribution is 2.30. The van der Waals surface area contributed by atoms with Crippen molar-refractivity contribution in [2.45, 2.75) is 25.5 Å². The number of hydrogen-bond donors (Lipinski definition) is 0. The molecule has 0 spiro atoms. The Morgan fingerprint density at radius 1 is 1.42 bits per heavy atom. The first-order valence-corrected chi connectivity index (χ1v) is 7.82. The number of thioether (sulfide) groups is 1. The molecule has 0 fully saturated rings. The summed E-state index contributed by atoms with van der Waals surface area (Å²) in [6, 6.07) is 8.03. The maximum absolute atomic E-state index is 11.8. The zero-order valence-electron chi connectivity index (χ0n) is 11.6. The first-order chi connectivity index (χ1) is 9.16. The number of anilines is 1. The van der Waals surface area contributed by atoms with E-state index in [9.17, 15) is 4.79 Å². The number of Topliss-reactive ketones (excluding diaryl/α,β-unsaturated/α-hetero) is 1. The Morgan fingerprint density at radius 3 is 3.00 bits per heavy atom. The maximum atomic E-state index is 11.8. The molecule has 1 heterocycles. The highest BCUT2D eigenvalue weighted by atomic mass is 32.2. The maximum Gasteiger partial charge on any atom is 0.144 e. The van der Waals surface area contributed by atoms with Gasteiger partial charge < -0.3 is 9.64 Å². The molecule has 0 unspecified atom stereocenters. The number of rotatable bonds is 6. The third-order valence-corrected chi connectivity index (χ3v) is 4.22. The summed E-state index contributed by atoms with van der Waals surface area (Å²) in [6.45, 7) is 6.60. The summed E-state index contributed by atoms with van der Waals surface area (Å²) in [5.41, 5.74) is 1.11. The summed E-state index contributed by atoms with van der Waals surface area (Å²) in [7, 11) is 0.